The van der Waals surface area contributed by atoms with Crippen LogP contribution in [-0.2, 0) is 23.8 Å². The van der Waals surface area contributed by atoms with E-state index in [0.29, 0.717) is 57.1 Å². The van der Waals surface area contributed by atoms with Crippen LogP contribution in [0.3, 0.4) is 0 Å². The van der Waals surface area contributed by atoms with Crippen LogP contribution < -0.4 is 10.6 Å². The Morgan fingerprint density at radius 1 is 1.16 bits per heavy atom. The molecule has 2 saturated carbocycles. The molecular formula is C32H50N6O5. The van der Waals surface area contributed by atoms with Crippen molar-refractivity contribution in [1.82, 2.24) is 25.3 Å². The van der Waals surface area contributed by atoms with Crippen LogP contribution >= 0.6 is 0 Å². The molecular weight excluding hydrogens is 548 g/mol. The first kappa shape index (κ1) is 31.1. The molecule has 6 fully saturated rings. The Bertz CT molecular complexity index is 1080. The number of carbonyl (C=O) groups is 2. The number of hydrogen-bond acceptors (Lipinski definition) is 10. The third-order valence-electron chi connectivity index (χ3n) is 11.5. The lowest BCUT2D eigenvalue weighted by molar-refractivity contribution is -0.197. The van der Waals surface area contributed by atoms with Gasteiger partial charge in [0, 0.05) is 44.6 Å². The number of likely N-dealkylation sites (N-methyl/N-ethyl adjacent to an activating group) is 1. The Kier molecular flexibility index (Phi) is 9.55. The molecule has 0 aromatic heterocycles. The Morgan fingerprint density at radius 3 is 2.77 bits per heavy atom. The van der Waals surface area contributed by atoms with Gasteiger partial charge in [0.1, 0.15) is 5.60 Å². The molecule has 0 bridgehead atoms. The lowest BCUT2D eigenvalue weighted by Gasteiger charge is -2.56. The van der Waals surface area contributed by atoms with Crippen LogP contribution in [0, 0.1) is 29.1 Å². The van der Waals surface area contributed by atoms with Gasteiger partial charge in [0.15, 0.2) is 12.1 Å². The third-order valence-corrected chi connectivity index (χ3v) is 11.5. The highest BCUT2D eigenvalue weighted by Gasteiger charge is 2.58. The molecule has 0 radical (unpaired) electrons. The van der Waals surface area contributed by atoms with Crippen molar-refractivity contribution in [3.05, 3.63) is 12.7 Å². The standard InChI is InChI=1S/C32H50N6O5/c1-4-27(39)38-16-15-37(18-22(38)11-13-33)30-24-10-12-32(17-21-7-5-9-26(41-3)25(21)20-43-32)29(40)28(24)34-31(35-30)42-19-23-8-6-14-36(23)2/h4,21-26,28,30-31,34-35H,1,5-12,14-20H2,2-3H3/t21?,22?,23?,24?,25?,26?,28?,30?,31?,32-/m0/s1. The number of nitrogens with zero attached hydrogens (tertiary/aromatic N) is 4. The topological polar surface area (TPSA) is 119 Å². The molecule has 10 atom stereocenters. The first-order valence-electron chi connectivity index (χ1n) is 16.5. The van der Waals surface area contributed by atoms with Gasteiger partial charge in [-0.3, -0.25) is 25.1 Å². The molecule has 238 valence electrons. The van der Waals surface area contributed by atoms with E-state index in [-0.39, 0.29) is 42.3 Å². The number of rotatable bonds is 7. The molecule has 9 unspecified atom stereocenters. The number of fused-ring (bicyclic) bond motifs is 2. The van der Waals surface area contributed by atoms with Crippen molar-refractivity contribution in [2.24, 2.45) is 17.8 Å². The fraction of sp³-hybridized carbons (Fsp3) is 0.844. The summed E-state index contributed by atoms with van der Waals surface area (Å²) >= 11 is 0. The van der Waals surface area contributed by atoms with Crippen LogP contribution in [0.25, 0.3) is 0 Å². The van der Waals surface area contributed by atoms with E-state index in [0.717, 1.165) is 45.1 Å². The number of ketones is 1. The average molecular weight is 599 g/mol. The van der Waals surface area contributed by atoms with E-state index in [1.165, 1.54) is 12.5 Å². The zero-order valence-electron chi connectivity index (χ0n) is 25.9. The van der Waals surface area contributed by atoms with Crippen LogP contribution in [0.4, 0.5) is 0 Å². The summed E-state index contributed by atoms with van der Waals surface area (Å²) in [6.45, 7) is 7.63. The van der Waals surface area contributed by atoms with Gasteiger partial charge in [-0.15, -0.1) is 0 Å². The Morgan fingerprint density at radius 2 is 2.02 bits per heavy atom. The number of nitrogens with one attached hydrogen (secondary N) is 2. The maximum Gasteiger partial charge on any atom is 0.246 e. The molecule has 4 saturated heterocycles. The van der Waals surface area contributed by atoms with Gasteiger partial charge in [-0.25, -0.2) is 0 Å². The van der Waals surface area contributed by atoms with Crippen molar-refractivity contribution in [2.75, 3.05) is 53.6 Å². The molecule has 11 heteroatoms. The van der Waals surface area contributed by atoms with Crippen LogP contribution in [0.1, 0.15) is 57.8 Å². The zero-order chi connectivity index (χ0) is 30.1. The number of hydrogen-bond donors (Lipinski definition) is 2. The third kappa shape index (κ3) is 6.05. The maximum atomic E-state index is 14.6. The fourth-order valence-corrected chi connectivity index (χ4v) is 9.07. The molecule has 4 heterocycles. The van der Waals surface area contributed by atoms with Crippen molar-refractivity contribution in [3.8, 4) is 6.07 Å². The molecule has 2 N–H and O–H groups in total. The van der Waals surface area contributed by atoms with Gasteiger partial charge in [0.25, 0.3) is 0 Å². The SMILES string of the molecule is C=CC(=O)N1CCN(C2NC(OCC3CCCN3C)NC3C(=O)[C@]4(CCC32)CC2CCCC(OC)C2CO4)CC1CC#N. The molecule has 11 nitrogen and oxygen atoms in total. The fourth-order valence-electron chi connectivity index (χ4n) is 9.07. The summed E-state index contributed by atoms with van der Waals surface area (Å²) in [4.78, 5) is 33.6. The van der Waals surface area contributed by atoms with Gasteiger partial charge in [-0.1, -0.05) is 13.0 Å². The minimum absolute atomic E-state index is 0.0240. The second-order valence-electron chi connectivity index (χ2n) is 13.7. The van der Waals surface area contributed by atoms with Gasteiger partial charge in [-0.2, -0.15) is 5.26 Å². The number of piperazine rings is 1. The first-order chi connectivity index (χ1) is 20.9. The highest BCUT2D eigenvalue weighted by molar-refractivity contribution is 5.93. The van der Waals surface area contributed by atoms with Gasteiger partial charge < -0.3 is 24.0 Å². The smallest absolute Gasteiger partial charge is 0.246 e. The molecule has 6 rings (SSSR count). The van der Waals surface area contributed by atoms with E-state index in [4.69, 9.17) is 14.2 Å². The Balaban J connectivity index is 1.22. The van der Waals surface area contributed by atoms with E-state index < -0.39 is 18.0 Å². The number of ether oxygens (including phenoxy) is 3. The van der Waals surface area contributed by atoms with E-state index in [9.17, 15) is 14.9 Å². The molecule has 4 aliphatic heterocycles. The van der Waals surface area contributed by atoms with E-state index in [1.807, 2.05) is 0 Å². The number of amides is 1. The van der Waals surface area contributed by atoms with Crippen molar-refractivity contribution >= 4 is 11.7 Å². The molecule has 1 amide bonds. The average Bonchev–Trinajstić information content (AvgIpc) is 3.45. The maximum absolute atomic E-state index is 14.6. The summed E-state index contributed by atoms with van der Waals surface area (Å²) < 4.78 is 18.9. The van der Waals surface area contributed by atoms with Crippen LogP contribution in [0.5, 0.6) is 0 Å². The molecule has 0 aromatic carbocycles. The van der Waals surface area contributed by atoms with Gasteiger partial charge in [0.2, 0.25) is 5.91 Å². The number of carbonyl (C=O) groups excluding carboxylic acids is 2. The van der Waals surface area contributed by atoms with Crippen LogP contribution in [-0.4, -0.2) is 122 Å². The highest BCUT2D eigenvalue weighted by atomic mass is 16.5. The minimum atomic E-state index is -0.762. The normalized spacial score (nSPS) is 42.3. The predicted molar refractivity (Wildman–Crippen MR) is 159 cm³/mol. The summed E-state index contributed by atoms with van der Waals surface area (Å²) in [5.41, 5.74) is -0.762. The number of Topliss-reactive ketones (excluding diaryl/α,β-unsaturated/α-hetero) is 1. The molecule has 2 aliphatic carbocycles. The molecule has 0 aromatic rings. The molecule has 6 aliphatic rings. The van der Waals surface area contributed by atoms with Crippen molar-refractivity contribution in [1.29, 1.82) is 5.26 Å². The summed E-state index contributed by atoms with van der Waals surface area (Å²) in [6.07, 6.45) is 9.12. The lowest BCUT2D eigenvalue weighted by Crippen LogP contribution is -2.76. The van der Waals surface area contributed by atoms with Crippen LogP contribution in [0.15, 0.2) is 12.7 Å². The minimum Gasteiger partial charge on any atom is -0.381 e. The predicted octanol–water partition coefficient (Wildman–Crippen LogP) is 1.45. The Labute approximate surface area is 256 Å². The van der Waals surface area contributed by atoms with Gasteiger partial charge in [0.05, 0.1) is 50.1 Å². The monoisotopic (exact) mass is 598 g/mol. The summed E-state index contributed by atoms with van der Waals surface area (Å²) in [7, 11) is 3.94. The van der Waals surface area contributed by atoms with Crippen molar-refractivity contribution in [3.63, 3.8) is 0 Å². The Hall–Kier alpha value is -1.91. The highest BCUT2D eigenvalue weighted by Crippen LogP contribution is 2.48. The van der Waals surface area contributed by atoms with E-state index in [2.05, 4.69) is 40.1 Å². The second kappa shape index (κ2) is 13.2. The van der Waals surface area contributed by atoms with E-state index >= 15 is 0 Å². The van der Waals surface area contributed by atoms with Crippen LogP contribution in [0.2, 0.25) is 0 Å². The van der Waals surface area contributed by atoms with Crippen molar-refractivity contribution in [2.45, 2.75) is 100 Å². The number of nitriles is 1. The number of likely N-dealkylation sites (tertiary alicyclic amines) is 1. The number of methoxy groups -OCH3 is 1. The summed E-state index contributed by atoms with van der Waals surface area (Å²) in [5, 5.41) is 16.9. The van der Waals surface area contributed by atoms with Crippen molar-refractivity contribution < 1.29 is 23.8 Å². The quantitative estimate of drug-likeness (QED) is 0.417. The second-order valence-corrected chi connectivity index (χ2v) is 13.7. The molecule has 1 spiro atoms. The largest absolute Gasteiger partial charge is 0.381 e. The lowest BCUT2D eigenvalue weighted by atomic mass is 9.63. The summed E-state index contributed by atoms with van der Waals surface area (Å²) in [6, 6.07) is 2.01. The van der Waals surface area contributed by atoms with E-state index in [1.54, 1.807) is 12.0 Å². The van der Waals surface area contributed by atoms with Gasteiger partial charge >= 0.3 is 0 Å². The van der Waals surface area contributed by atoms with Gasteiger partial charge in [-0.05, 0) is 70.5 Å². The zero-order valence-corrected chi connectivity index (χ0v) is 25.9. The summed E-state index contributed by atoms with van der Waals surface area (Å²) in [5.74, 6) is 0.844. The first-order valence-corrected chi connectivity index (χ1v) is 16.5. The molecule has 43 heavy (non-hydrogen) atoms.